The van der Waals surface area contributed by atoms with Crippen LogP contribution in [0.2, 0.25) is 0 Å². The van der Waals surface area contributed by atoms with Crippen LogP contribution >= 0.6 is 12.6 Å². The third-order valence-electron chi connectivity index (χ3n) is 3.73. The summed E-state index contributed by atoms with van der Waals surface area (Å²) in [7, 11) is 0. The average Bonchev–Trinajstić information content (AvgIpc) is 2.85. The predicted molar refractivity (Wildman–Crippen MR) is 74.0 cm³/mol. The van der Waals surface area contributed by atoms with E-state index in [4.69, 9.17) is 0 Å². The van der Waals surface area contributed by atoms with Crippen molar-refractivity contribution < 1.29 is 9.90 Å². The topological polar surface area (TPSA) is 49.3 Å². The van der Waals surface area contributed by atoms with E-state index in [1.165, 1.54) is 0 Å². The van der Waals surface area contributed by atoms with E-state index in [1.54, 1.807) is 12.1 Å². The van der Waals surface area contributed by atoms with Crippen molar-refractivity contribution in [3.8, 4) is 0 Å². The van der Waals surface area contributed by atoms with Crippen LogP contribution in [0.15, 0.2) is 29.2 Å². The number of hydrogen-bond donors (Lipinski definition) is 3. The number of rotatable bonds is 4. The summed E-state index contributed by atoms with van der Waals surface area (Å²) in [4.78, 5) is 12.8. The molecule has 0 atom stereocenters. The van der Waals surface area contributed by atoms with Crippen molar-refractivity contribution in [2.45, 2.75) is 30.6 Å². The molecule has 4 heteroatoms. The molecule has 2 N–H and O–H groups in total. The third-order valence-corrected chi connectivity index (χ3v) is 4.01. The number of thiol groups is 1. The number of carbonyl (C=O) groups excluding carboxylic acids is 1. The molecule has 0 radical (unpaired) electrons. The van der Waals surface area contributed by atoms with Crippen LogP contribution < -0.4 is 5.32 Å². The molecule has 0 spiro atoms. The van der Waals surface area contributed by atoms with Crippen LogP contribution in [-0.4, -0.2) is 24.2 Å². The number of carbonyl (C=O) groups is 1. The molecular formula is C14H19NO2S. The summed E-state index contributed by atoms with van der Waals surface area (Å²) >= 11 is 4.22. The fourth-order valence-corrected chi connectivity index (χ4v) is 2.76. The number of amides is 1. The number of hydrogen-bond acceptors (Lipinski definition) is 3. The first-order valence-electron chi connectivity index (χ1n) is 6.33. The van der Waals surface area contributed by atoms with E-state index < -0.39 is 0 Å². The first-order valence-corrected chi connectivity index (χ1v) is 6.78. The van der Waals surface area contributed by atoms with Gasteiger partial charge in [0.1, 0.15) is 0 Å². The summed E-state index contributed by atoms with van der Waals surface area (Å²) in [5, 5.41) is 12.4. The van der Waals surface area contributed by atoms with Crippen LogP contribution in [-0.2, 0) is 0 Å². The molecule has 1 saturated carbocycles. The highest BCUT2D eigenvalue weighted by Crippen LogP contribution is 2.36. The quantitative estimate of drug-likeness (QED) is 0.731. The van der Waals surface area contributed by atoms with Gasteiger partial charge in [0.25, 0.3) is 5.91 Å². The fraction of sp³-hybridized carbons (Fsp3) is 0.500. The van der Waals surface area contributed by atoms with Gasteiger partial charge in [0, 0.05) is 22.4 Å². The van der Waals surface area contributed by atoms with E-state index in [0.29, 0.717) is 12.1 Å². The van der Waals surface area contributed by atoms with E-state index in [-0.39, 0.29) is 17.9 Å². The second kappa shape index (κ2) is 5.76. The lowest BCUT2D eigenvalue weighted by atomic mass is 9.87. The number of aliphatic hydroxyl groups is 1. The molecule has 1 aliphatic carbocycles. The summed E-state index contributed by atoms with van der Waals surface area (Å²) in [5.41, 5.74) is 0.516. The Balaban J connectivity index is 1.96. The Hall–Kier alpha value is -1.00. The Bertz CT molecular complexity index is 428. The monoisotopic (exact) mass is 265 g/mol. The minimum absolute atomic E-state index is 0.0920. The van der Waals surface area contributed by atoms with Crippen LogP contribution in [0.5, 0.6) is 0 Å². The van der Waals surface area contributed by atoms with Gasteiger partial charge in [-0.05, 0) is 31.0 Å². The largest absolute Gasteiger partial charge is 0.396 e. The Labute approximate surface area is 113 Å². The van der Waals surface area contributed by atoms with Crippen molar-refractivity contribution in [2.24, 2.45) is 5.41 Å². The summed E-state index contributed by atoms with van der Waals surface area (Å²) in [6.07, 6.45) is 4.28. The van der Waals surface area contributed by atoms with E-state index in [0.717, 1.165) is 30.6 Å². The molecule has 1 aromatic rings. The Kier molecular flexibility index (Phi) is 4.30. The molecule has 1 fully saturated rings. The normalized spacial score (nSPS) is 17.7. The summed E-state index contributed by atoms with van der Waals surface area (Å²) in [5.74, 6) is -0.0920. The van der Waals surface area contributed by atoms with Crippen molar-refractivity contribution in [1.29, 1.82) is 0 Å². The van der Waals surface area contributed by atoms with Gasteiger partial charge >= 0.3 is 0 Å². The lowest BCUT2D eigenvalue weighted by Crippen LogP contribution is -2.38. The van der Waals surface area contributed by atoms with Gasteiger partial charge in [-0.2, -0.15) is 0 Å². The van der Waals surface area contributed by atoms with E-state index in [9.17, 15) is 9.90 Å². The van der Waals surface area contributed by atoms with Gasteiger partial charge in [-0.15, -0.1) is 12.6 Å². The van der Waals surface area contributed by atoms with Crippen LogP contribution in [0.4, 0.5) is 0 Å². The van der Waals surface area contributed by atoms with E-state index >= 15 is 0 Å². The second-order valence-electron chi connectivity index (χ2n) is 5.10. The van der Waals surface area contributed by atoms with Gasteiger partial charge in [-0.25, -0.2) is 0 Å². The summed E-state index contributed by atoms with van der Waals surface area (Å²) < 4.78 is 0. The third kappa shape index (κ3) is 3.06. The molecule has 0 saturated heterocycles. The zero-order valence-corrected chi connectivity index (χ0v) is 11.2. The van der Waals surface area contributed by atoms with Crippen molar-refractivity contribution in [3.05, 3.63) is 29.8 Å². The molecule has 0 aliphatic heterocycles. The van der Waals surface area contributed by atoms with E-state index in [2.05, 4.69) is 17.9 Å². The number of aliphatic hydroxyl groups excluding tert-OH is 1. The van der Waals surface area contributed by atoms with Crippen molar-refractivity contribution in [2.75, 3.05) is 13.2 Å². The smallest absolute Gasteiger partial charge is 0.251 e. The standard InChI is InChI=1S/C14H19NO2S/c16-10-14(6-1-2-7-14)9-15-13(17)11-4-3-5-12(18)8-11/h3-5,8,16,18H,1-2,6-7,9-10H2,(H,15,17). The highest BCUT2D eigenvalue weighted by molar-refractivity contribution is 7.80. The van der Waals surface area contributed by atoms with Crippen LogP contribution in [0.25, 0.3) is 0 Å². The Morgan fingerprint density at radius 2 is 2.11 bits per heavy atom. The van der Waals surface area contributed by atoms with Gasteiger partial charge < -0.3 is 10.4 Å². The molecule has 2 rings (SSSR count). The number of benzene rings is 1. The maximum atomic E-state index is 12.0. The molecule has 18 heavy (non-hydrogen) atoms. The first-order chi connectivity index (χ1) is 8.65. The second-order valence-corrected chi connectivity index (χ2v) is 5.61. The summed E-state index contributed by atoms with van der Waals surface area (Å²) in [6.45, 7) is 0.707. The lowest BCUT2D eigenvalue weighted by molar-refractivity contribution is 0.0880. The van der Waals surface area contributed by atoms with E-state index in [1.807, 2.05) is 12.1 Å². The molecule has 0 bridgehead atoms. The highest BCUT2D eigenvalue weighted by atomic mass is 32.1. The van der Waals surface area contributed by atoms with Crippen LogP contribution in [0.3, 0.4) is 0 Å². The van der Waals surface area contributed by atoms with Crippen LogP contribution in [0, 0.1) is 5.41 Å². The maximum Gasteiger partial charge on any atom is 0.251 e. The lowest BCUT2D eigenvalue weighted by Gasteiger charge is -2.26. The maximum absolute atomic E-state index is 12.0. The molecule has 98 valence electrons. The Morgan fingerprint density at radius 1 is 1.39 bits per heavy atom. The fourth-order valence-electron chi connectivity index (χ4n) is 2.53. The SMILES string of the molecule is O=C(NCC1(CO)CCCC1)c1cccc(S)c1. The first kappa shape index (κ1) is 13.4. The highest BCUT2D eigenvalue weighted by Gasteiger charge is 2.33. The summed E-state index contributed by atoms with van der Waals surface area (Å²) in [6, 6.07) is 7.18. The zero-order valence-electron chi connectivity index (χ0n) is 10.4. The molecule has 3 nitrogen and oxygen atoms in total. The molecule has 1 aromatic carbocycles. The Morgan fingerprint density at radius 3 is 2.72 bits per heavy atom. The average molecular weight is 265 g/mol. The number of nitrogens with one attached hydrogen (secondary N) is 1. The van der Waals surface area contributed by atoms with Gasteiger partial charge in [-0.1, -0.05) is 18.9 Å². The van der Waals surface area contributed by atoms with Gasteiger partial charge in [-0.3, -0.25) is 4.79 Å². The van der Waals surface area contributed by atoms with Gasteiger partial charge in [0.2, 0.25) is 0 Å². The molecule has 0 heterocycles. The minimum Gasteiger partial charge on any atom is -0.396 e. The van der Waals surface area contributed by atoms with Crippen molar-refractivity contribution in [3.63, 3.8) is 0 Å². The molecule has 1 aliphatic rings. The van der Waals surface area contributed by atoms with Gasteiger partial charge in [0.05, 0.1) is 6.61 Å². The molecule has 0 unspecified atom stereocenters. The molecule has 1 amide bonds. The minimum atomic E-state index is -0.103. The van der Waals surface area contributed by atoms with Gasteiger partial charge in [0.15, 0.2) is 0 Å². The molecule has 0 aromatic heterocycles. The van der Waals surface area contributed by atoms with Crippen molar-refractivity contribution >= 4 is 18.5 Å². The van der Waals surface area contributed by atoms with Crippen LogP contribution in [0.1, 0.15) is 36.0 Å². The zero-order chi connectivity index (χ0) is 13.0. The predicted octanol–water partition coefficient (Wildman–Crippen LogP) is 2.26. The van der Waals surface area contributed by atoms with Crippen molar-refractivity contribution in [1.82, 2.24) is 5.32 Å². The molecular weight excluding hydrogens is 246 g/mol.